The quantitative estimate of drug-likeness (QED) is 0.724. The van der Waals surface area contributed by atoms with E-state index in [0.29, 0.717) is 30.4 Å². The number of hydrogen-bond acceptors (Lipinski definition) is 5. The van der Waals surface area contributed by atoms with Crippen molar-refractivity contribution < 1.29 is 14.2 Å². The molecular formula is C14H24N2O3. The lowest BCUT2D eigenvalue weighted by atomic mass is 10.2. The van der Waals surface area contributed by atoms with Crippen LogP contribution in [-0.4, -0.2) is 46.4 Å². The molecule has 1 rings (SSSR count). The van der Waals surface area contributed by atoms with Gasteiger partial charge in [-0.1, -0.05) is 0 Å². The highest BCUT2D eigenvalue weighted by Gasteiger charge is 2.13. The van der Waals surface area contributed by atoms with Crippen molar-refractivity contribution in [3.8, 4) is 17.2 Å². The van der Waals surface area contributed by atoms with Gasteiger partial charge >= 0.3 is 0 Å². The molecule has 0 spiro atoms. The first kappa shape index (κ1) is 15.6. The molecule has 2 N–H and O–H groups in total. The van der Waals surface area contributed by atoms with Gasteiger partial charge in [-0.15, -0.1) is 0 Å². The van der Waals surface area contributed by atoms with Crippen molar-refractivity contribution in [2.75, 3.05) is 41.5 Å². The van der Waals surface area contributed by atoms with Crippen LogP contribution in [-0.2, 0) is 6.54 Å². The van der Waals surface area contributed by atoms with Crippen molar-refractivity contribution in [3.05, 3.63) is 17.7 Å². The smallest absolute Gasteiger partial charge is 0.203 e. The number of methoxy groups -OCH3 is 2. The second-order valence-corrected chi connectivity index (χ2v) is 4.54. The minimum atomic E-state index is 0.438. The van der Waals surface area contributed by atoms with Gasteiger partial charge in [0.1, 0.15) is 0 Å². The zero-order valence-electron chi connectivity index (χ0n) is 12.2. The maximum atomic E-state index is 5.78. The molecule has 0 saturated heterocycles. The van der Waals surface area contributed by atoms with Crippen molar-refractivity contribution >= 4 is 0 Å². The summed E-state index contributed by atoms with van der Waals surface area (Å²) < 4.78 is 16.5. The monoisotopic (exact) mass is 268 g/mol. The Balaban J connectivity index is 2.79. The van der Waals surface area contributed by atoms with E-state index in [1.54, 1.807) is 14.2 Å². The summed E-state index contributed by atoms with van der Waals surface area (Å²) in [5, 5.41) is 0. The van der Waals surface area contributed by atoms with Gasteiger partial charge in [-0.25, -0.2) is 0 Å². The number of nitrogens with two attached hydrogens (primary N) is 1. The highest BCUT2D eigenvalue weighted by Crippen LogP contribution is 2.38. The van der Waals surface area contributed by atoms with E-state index in [-0.39, 0.29) is 0 Å². The van der Waals surface area contributed by atoms with E-state index in [4.69, 9.17) is 19.9 Å². The van der Waals surface area contributed by atoms with Crippen LogP contribution in [0.4, 0.5) is 0 Å². The molecule has 19 heavy (non-hydrogen) atoms. The first-order chi connectivity index (χ1) is 9.12. The molecule has 0 atom stereocenters. The lowest BCUT2D eigenvalue weighted by Crippen LogP contribution is -2.15. The summed E-state index contributed by atoms with van der Waals surface area (Å²) in [7, 11) is 7.30. The minimum Gasteiger partial charge on any atom is -0.493 e. The van der Waals surface area contributed by atoms with Crippen LogP contribution in [0.25, 0.3) is 0 Å². The van der Waals surface area contributed by atoms with Gasteiger partial charge in [-0.05, 0) is 38.2 Å². The van der Waals surface area contributed by atoms with Gasteiger partial charge in [0.25, 0.3) is 0 Å². The summed E-state index contributed by atoms with van der Waals surface area (Å²) in [5.41, 5.74) is 6.60. The lowest BCUT2D eigenvalue weighted by molar-refractivity contribution is 0.254. The Kier molecular flexibility index (Phi) is 6.45. The topological polar surface area (TPSA) is 57.0 Å². The number of benzene rings is 1. The molecule has 0 aliphatic carbocycles. The van der Waals surface area contributed by atoms with Gasteiger partial charge in [0.2, 0.25) is 5.75 Å². The molecule has 0 bridgehead atoms. The molecule has 0 radical (unpaired) electrons. The fourth-order valence-electron chi connectivity index (χ4n) is 1.75. The average Bonchev–Trinajstić information content (AvgIpc) is 2.42. The van der Waals surface area contributed by atoms with Crippen molar-refractivity contribution in [2.45, 2.75) is 13.0 Å². The van der Waals surface area contributed by atoms with Gasteiger partial charge in [-0.3, -0.25) is 0 Å². The van der Waals surface area contributed by atoms with Gasteiger partial charge < -0.3 is 24.8 Å². The van der Waals surface area contributed by atoms with Crippen LogP contribution in [0.15, 0.2) is 12.1 Å². The van der Waals surface area contributed by atoms with E-state index < -0.39 is 0 Å². The first-order valence-corrected chi connectivity index (χ1v) is 6.34. The summed E-state index contributed by atoms with van der Waals surface area (Å²) in [4.78, 5) is 2.12. The molecule has 0 aliphatic heterocycles. The molecule has 0 aromatic heterocycles. The van der Waals surface area contributed by atoms with Crippen molar-refractivity contribution in [1.82, 2.24) is 4.90 Å². The molecule has 108 valence electrons. The van der Waals surface area contributed by atoms with Crippen LogP contribution in [0, 0.1) is 0 Å². The predicted octanol–water partition coefficient (Wildman–Crippen LogP) is 1.49. The summed E-state index contributed by atoms with van der Waals surface area (Å²) in [6.45, 7) is 2.03. The summed E-state index contributed by atoms with van der Waals surface area (Å²) in [6, 6.07) is 3.76. The molecule has 5 nitrogen and oxygen atoms in total. The second-order valence-electron chi connectivity index (χ2n) is 4.54. The third kappa shape index (κ3) is 4.61. The van der Waals surface area contributed by atoms with Crippen LogP contribution in [0.1, 0.15) is 12.0 Å². The Labute approximate surface area is 115 Å². The average molecular weight is 268 g/mol. The SMILES string of the molecule is COc1cc(CN)cc(OC)c1OCCCN(C)C. The van der Waals surface area contributed by atoms with Crippen LogP contribution < -0.4 is 19.9 Å². The molecule has 0 fully saturated rings. The Hall–Kier alpha value is -1.46. The number of nitrogens with zero attached hydrogens (tertiary/aromatic N) is 1. The Morgan fingerprint density at radius 1 is 1.11 bits per heavy atom. The molecule has 0 heterocycles. The van der Waals surface area contributed by atoms with E-state index in [1.807, 2.05) is 26.2 Å². The predicted molar refractivity (Wildman–Crippen MR) is 76.1 cm³/mol. The Morgan fingerprint density at radius 2 is 1.68 bits per heavy atom. The number of rotatable bonds is 8. The maximum Gasteiger partial charge on any atom is 0.203 e. The Bertz CT molecular complexity index is 369. The van der Waals surface area contributed by atoms with E-state index in [2.05, 4.69) is 4.90 Å². The number of hydrogen-bond donors (Lipinski definition) is 1. The van der Waals surface area contributed by atoms with Gasteiger partial charge in [0.05, 0.1) is 20.8 Å². The van der Waals surface area contributed by atoms with Gasteiger partial charge in [0.15, 0.2) is 11.5 Å². The number of ether oxygens (including phenoxy) is 3. The third-order valence-electron chi connectivity index (χ3n) is 2.75. The summed E-state index contributed by atoms with van der Waals surface area (Å²) in [6.07, 6.45) is 0.942. The Morgan fingerprint density at radius 3 is 2.11 bits per heavy atom. The molecule has 0 aliphatic rings. The standard InChI is InChI=1S/C14H24N2O3/c1-16(2)6-5-7-19-14-12(17-3)8-11(10-15)9-13(14)18-4/h8-9H,5-7,10,15H2,1-4H3. The highest BCUT2D eigenvalue weighted by molar-refractivity contribution is 5.53. The molecule has 1 aromatic carbocycles. The first-order valence-electron chi connectivity index (χ1n) is 6.34. The third-order valence-corrected chi connectivity index (χ3v) is 2.75. The zero-order valence-corrected chi connectivity index (χ0v) is 12.2. The summed E-state index contributed by atoms with van der Waals surface area (Å²) in [5.74, 6) is 1.95. The van der Waals surface area contributed by atoms with Gasteiger partial charge in [0, 0.05) is 13.1 Å². The summed E-state index contributed by atoms with van der Waals surface area (Å²) >= 11 is 0. The molecule has 1 aromatic rings. The second kappa shape index (κ2) is 7.86. The van der Waals surface area contributed by atoms with Crippen molar-refractivity contribution in [2.24, 2.45) is 5.73 Å². The van der Waals surface area contributed by atoms with Crippen LogP contribution in [0.5, 0.6) is 17.2 Å². The fraction of sp³-hybridized carbons (Fsp3) is 0.571. The molecule has 0 amide bonds. The highest BCUT2D eigenvalue weighted by atomic mass is 16.5. The zero-order chi connectivity index (χ0) is 14.3. The van der Waals surface area contributed by atoms with E-state index in [0.717, 1.165) is 18.5 Å². The van der Waals surface area contributed by atoms with E-state index in [9.17, 15) is 0 Å². The lowest BCUT2D eigenvalue weighted by Gasteiger charge is -2.16. The molecule has 0 unspecified atom stereocenters. The van der Waals surface area contributed by atoms with Crippen LogP contribution in [0.2, 0.25) is 0 Å². The fourth-order valence-corrected chi connectivity index (χ4v) is 1.75. The largest absolute Gasteiger partial charge is 0.493 e. The van der Waals surface area contributed by atoms with Crippen molar-refractivity contribution in [3.63, 3.8) is 0 Å². The van der Waals surface area contributed by atoms with E-state index >= 15 is 0 Å². The van der Waals surface area contributed by atoms with Crippen LogP contribution >= 0.6 is 0 Å². The molecule has 5 heteroatoms. The minimum absolute atomic E-state index is 0.438. The van der Waals surface area contributed by atoms with Crippen LogP contribution in [0.3, 0.4) is 0 Å². The maximum absolute atomic E-state index is 5.78. The molecular weight excluding hydrogens is 244 g/mol. The van der Waals surface area contributed by atoms with E-state index in [1.165, 1.54) is 0 Å². The van der Waals surface area contributed by atoms with Crippen molar-refractivity contribution in [1.29, 1.82) is 0 Å². The molecule has 0 saturated carbocycles. The van der Waals surface area contributed by atoms with Gasteiger partial charge in [-0.2, -0.15) is 0 Å². The normalized spacial score (nSPS) is 10.6.